The fourth-order valence-corrected chi connectivity index (χ4v) is 7.10. The quantitative estimate of drug-likeness (QED) is 0.320. The first-order valence-electron chi connectivity index (χ1n) is 13.9. The Morgan fingerprint density at radius 3 is 2.48 bits per heavy atom. The second-order valence-electron chi connectivity index (χ2n) is 12.1. The molecular formula is C30H35F3N4O4S. The zero-order valence-electron chi connectivity index (χ0n) is 24.0. The molecule has 1 atom stereocenters. The van der Waals surface area contributed by atoms with Gasteiger partial charge in [-0.05, 0) is 82.2 Å². The highest BCUT2D eigenvalue weighted by Gasteiger charge is 2.62. The number of carbonyl (C=O) groups excluding carboxylic acids is 1. The first-order chi connectivity index (χ1) is 19.6. The molecule has 1 saturated heterocycles. The lowest BCUT2D eigenvalue weighted by atomic mass is 9.97. The summed E-state index contributed by atoms with van der Waals surface area (Å²) < 4.78 is 75.2. The third-order valence-corrected chi connectivity index (χ3v) is 9.81. The number of aromatic nitrogens is 2. The van der Waals surface area contributed by atoms with E-state index in [1.54, 1.807) is 55.6 Å². The van der Waals surface area contributed by atoms with Crippen LogP contribution in [0.15, 0.2) is 59.6 Å². The van der Waals surface area contributed by atoms with Gasteiger partial charge in [-0.2, -0.15) is 13.2 Å². The Morgan fingerprint density at radius 1 is 1.14 bits per heavy atom. The molecule has 1 aliphatic heterocycles. The number of carbonyl (C=O) groups is 1. The highest BCUT2D eigenvalue weighted by atomic mass is 32.2. The van der Waals surface area contributed by atoms with Gasteiger partial charge in [-0.15, -0.1) is 5.10 Å². The van der Waals surface area contributed by atoms with Crippen LogP contribution in [0.1, 0.15) is 62.4 Å². The van der Waals surface area contributed by atoms with Crippen molar-refractivity contribution in [2.75, 3.05) is 18.1 Å². The van der Waals surface area contributed by atoms with Gasteiger partial charge in [0.1, 0.15) is 0 Å². The molecule has 3 aromatic rings. The Morgan fingerprint density at radius 2 is 1.86 bits per heavy atom. The summed E-state index contributed by atoms with van der Waals surface area (Å²) >= 11 is 0. The van der Waals surface area contributed by atoms with E-state index >= 15 is 0 Å². The molecule has 0 spiro atoms. The van der Waals surface area contributed by atoms with Crippen molar-refractivity contribution in [3.63, 3.8) is 0 Å². The summed E-state index contributed by atoms with van der Waals surface area (Å²) in [6, 6.07) is 13.0. The number of anilines is 1. The van der Waals surface area contributed by atoms with Crippen LogP contribution < -0.4 is 14.4 Å². The van der Waals surface area contributed by atoms with Crippen molar-refractivity contribution in [1.29, 1.82) is 0 Å². The molecule has 2 aliphatic rings. The number of rotatable bonds is 9. The monoisotopic (exact) mass is 604 g/mol. The van der Waals surface area contributed by atoms with Gasteiger partial charge >= 0.3 is 6.18 Å². The van der Waals surface area contributed by atoms with Gasteiger partial charge in [0.2, 0.25) is 5.88 Å². The smallest absolute Gasteiger partial charge is 0.394 e. The van der Waals surface area contributed by atoms with E-state index in [4.69, 9.17) is 4.74 Å². The van der Waals surface area contributed by atoms with Crippen molar-refractivity contribution in [3.8, 4) is 11.6 Å². The van der Waals surface area contributed by atoms with E-state index in [1.165, 1.54) is 10.7 Å². The number of benzene rings is 2. The van der Waals surface area contributed by atoms with E-state index in [2.05, 4.69) is 35.5 Å². The number of sulfonamides is 1. The van der Waals surface area contributed by atoms with E-state index in [0.717, 1.165) is 6.42 Å². The van der Waals surface area contributed by atoms with Crippen molar-refractivity contribution in [2.45, 2.75) is 70.0 Å². The SMILES string of the molecule is Cc1ccccc1S(=O)(=O)NC(=O)c1ccc(-n2ccc(OCCC3(C(F)(F)F)CC3)n2)cc1N1C[C@@H](C)CC1(C)C. The average Bonchev–Trinajstić information content (AvgIpc) is 3.46. The van der Waals surface area contributed by atoms with Crippen LogP contribution in [0.25, 0.3) is 5.69 Å². The summed E-state index contributed by atoms with van der Waals surface area (Å²) in [6.07, 6.45) is -1.61. The van der Waals surface area contributed by atoms with Crippen LogP contribution >= 0.6 is 0 Å². The number of nitrogens with zero attached hydrogens (tertiary/aromatic N) is 3. The molecule has 2 heterocycles. The molecule has 1 aromatic heterocycles. The Balaban J connectivity index is 1.41. The fourth-order valence-electron chi connectivity index (χ4n) is 5.88. The van der Waals surface area contributed by atoms with Gasteiger partial charge in [0, 0.05) is 24.3 Å². The molecule has 1 aliphatic carbocycles. The maximum absolute atomic E-state index is 13.5. The highest BCUT2D eigenvalue weighted by Crippen LogP contribution is 2.59. The Kier molecular flexibility index (Phi) is 7.57. The lowest BCUT2D eigenvalue weighted by molar-refractivity contribution is -0.190. The van der Waals surface area contributed by atoms with Gasteiger partial charge in [0.25, 0.3) is 15.9 Å². The van der Waals surface area contributed by atoms with Gasteiger partial charge in [-0.3, -0.25) is 4.79 Å². The van der Waals surface area contributed by atoms with E-state index in [-0.39, 0.29) is 47.7 Å². The molecule has 8 nitrogen and oxygen atoms in total. The second kappa shape index (κ2) is 10.6. The van der Waals surface area contributed by atoms with E-state index in [1.807, 2.05) is 0 Å². The molecule has 1 saturated carbocycles. The fraction of sp³-hybridized carbons (Fsp3) is 0.467. The van der Waals surface area contributed by atoms with E-state index < -0.39 is 27.5 Å². The number of amides is 1. The summed E-state index contributed by atoms with van der Waals surface area (Å²) in [4.78, 5) is 15.6. The van der Waals surface area contributed by atoms with E-state index in [9.17, 15) is 26.4 Å². The summed E-state index contributed by atoms with van der Waals surface area (Å²) in [7, 11) is -4.12. The van der Waals surface area contributed by atoms with Crippen molar-refractivity contribution in [1.82, 2.24) is 14.5 Å². The first kappa shape index (κ1) is 29.9. The van der Waals surface area contributed by atoms with Crippen LogP contribution in [-0.2, 0) is 10.0 Å². The van der Waals surface area contributed by atoms with Gasteiger partial charge < -0.3 is 9.64 Å². The van der Waals surface area contributed by atoms with Crippen LogP contribution in [0.3, 0.4) is 0 Å². The number of alkyl halides is 3. The Hall–Kier alpha value is -3.54. The maximum atomic E-state index is 13.5. The molecule has 0 bridgehead atoms. The number of ether oxygens (including phenoxy) is 1. The molecule has 1 amide bonds. The minimum atomic E-state index is -4.24. The molecule has 2 aromatic carbocycles. The number of halogens is 3. The van der Waals surface area contributed by atoms with Gasteiger partial charge in [-0.1, -0.05) is 25.1 Å². The Bertz CT molecular complexity index is 1600. The summed E-state index contributed by atoms with van der Waals surface area (Å²) in [5.41, 5.74) is -0.0975. The topological polar surface area (TPSA) is 93.5 Å². The zero-order valence-corrected chi connectivity index (χ0v) is 24.8. The molecular weight excluding hydrogens is 569 g/mol. The highest BCUT2D eigenvalue weighted by molar-refractivity contribution is 7.90. The second-order valence-corrected chi connectivity index (χ2v) is 13.8. The number of aryl methyl sites for hydroxylation is 1. The molecule has 12 heteroatoms. The zero-order chi connectivity index (χ0) is 30.5. The molecule has 1 N–H and O–H groups in total. The summed E-state index contributed by atoms with van der Waals surface area (Å²) in [6.45, 7) is 8.49. The van der Waals surface area contributed by atoms with Crippen LogP contribution in [0.2, 0.25) is 0 Å². The molecule has 226 valence electrons. The molecule has 5 rings (SSSR count). The summed E-state index contributed by atoms with van der Waals surface area (Å²) in [5, 5.41) is 4.38. The predicted molar refractivity (Wildman–Crippen MR) is 152 cm³/mol. The lowest BCUT2D eigenvalue weighted by Crippen LogP contribution is -2.40. The number of hydrogen-bond donors (Lipinski definition) is 1. The van der Waals surface area contributed by atoms with E-state index in [0.29, 0.717) is 29.4 Å². The minimum Gasteiger partial charge on any atom is -0.477 e. The Labute approximate surface area is 243 Å². The van der Waals surface area contributed by atoms with Crippen molar-refractivity contribution >= 4 is 21.6 Å². The van der Waals surface area contributed by atoms with Crippen molar-refractivity contribution < 1.29 is 31.1 Å². The maximum Gasteiger partial charge on any atom is 0.394 e. The molecule has 0 radical (unpaired) electrons. The number of hydrogen-bond acceptors (Lipinski definition) is 6. The van der Waals surface area contributed by atoms with Gasteiger partial charge in [0.15, 0.2) is 0 Å². The normalized spacial score (nSPS) is 19.5. The third-order valence-electron chi connectivity index (χ3n) is 8.31. The summed E-state index contributed by atoms with van der Waals surface area (Å²) in [5.74, 6) is -0.222. The van der Waals surface area contributed by atoms with Crippen LogP contribution in [-0.4, -0.2) is 49.0 Å². The molecule has 42 heavy (non-hydrogen) atoms. The molecule has 2 fully saturated rings. The lowest BCUT2D eigenvalue weighted by Gasteiger charge is -2.35. The number of nitrogens with one attached hydrogen (secondary N) is 1. The van der Waals surface area contributed by atoms with Crippen LogP contribution in [0.4, 0.5) is 18.9 Å². The largest absolute Gasteiger partial charge is 0.477 e. The van der Waals surface area contributed by atoms with Crippen LogP contribution in [0, 0.1) is 18.3 Å². The predicted octanol–water partition coefficient (Wildman–Crippen LogP) is 6.04. The standard InChI is InChI=1S/C30H35F3N4O4S/c1-20-18-28(3,4)36(19-20)24-17-22(37-15-11-26(34-37)41-16-14-29(12-13-29)30(31,32)33)9-10-23(24)27(38)35-42(39,40)25-8-6-5-7-21(25)2/h5-11,15,17,20H,12-14,16,18-19H2,1-4H3,(H,35,38)/t20-/m0/s1. The van der Waals surface area contributed by atoms with Gasteiger partial charge in [0.05, 0.1) is 33.9 Å². The van der Waals surface area contributed by atoms with Gasteiger partial charge in [-0.25, -0.2) is 17.8 Å². The van der Waals surface area contributed by atoms with Crippen molar-refractivity contribution in [3.05, 3.63) is 65.9 Å². The van der Waals surface area contributed by atoms with Crippen LogP contribution in [0.5, 0.6) is 5.88 Å². The molecule has 0 unspecified atom stereocenters. The third kappa shape index (κ3) is 5.86. The van der Waals surface area contributed by atoms with Crippen molar-refractivity contribution in [2.24, 2.45) is 11.3 Å². The first-order valence-corrected chi connectivity index (χ1v) is 15.4. The average molecular weight is 605 g/mol. The minimum absolute atomic E-state index is 0.0264.